The van der Waals surface area contributed by atoms with Crippen LogP contribution in [0.4, 0.5) is 0 Å². The second-order valence-electron chi connectivity index (χ2n) is 5.90. The molecule has 0 aliphatic heterocycles. The SMILES string of the molecule is COC(CO)C(=O)OC(C)c1cccc2nc3c(C(=O)O)cccc3nc12. The minimum Gasteiger partial charge on any atom is -0.478 e. The normalized spacial score (nSPS) is 13.4. The number of ether oxygens (including phenoxy) is 2. The monoisotopic (exact) mass is 370 g/mol. The van der Waals surface area contributed by atoms with Crippen molar-refractivity contribution in [3.63, 3.8) is 0 Å². The fourth-order valence-corrected chi connectivity index (χ4v) is 2.80. The highest BCUT2D eigenvalue weighted by Crippen LogP contribution is 2.27. The number of aliphatic hydroxyl groups excluding tert-OH is 1. The molecule has 2 N–H and O–H groups in total. The van der Waals surface area contributed by atoms with E-state index in [1.807, 2.05) is 0 Å². The first-order valence-electron chi connectivity index (χ1n) is 8.23. The van der Waals surface area contributed by atoms with E-state index in [4.69, 9.17) is 14.6 Å². The zero-order valence-electron chi connectivity index (χ0n) is 14.7. The quantitative estimate of drug-likeness (QED) is 0.500. The number of rotatable bonds is 6. The Kier molecular flexibility index (Phi) is 5.29. The Morgan fingerprint density at radius 1 is 1.07 bits per heavy atom. The number of carboxylic acids is 1. The van der Waals surface area contributed by atoms with E-state index in [9.17, 15) is 14.7 Å². The summed E-state index contributed by atoms with van der Waals surface area (Å²) >= 11 is 0. The van der Waals surface area contributed by atoms with Gasteiger partial charge < -0.3 is 19.7 Å². The fourth-order valence-electron chi connectivity index (χ4n) is 2.80. The van der Waals surface area contributed by atoms with Crippen LogP contribution in [0.15, 0.2) is 36.4 Å². The number of carboxylic acid groups (broad SMARTS) is 1. The first-order valence-corrected chi connectivity index (χ1v) is 8.23. The Bertz CT molecular complexity index is 1020. The average Bonchev–Trinajstić information content (AvgIpc) is 2.66. The standard InChI is InChI=1S/C19H18N2O6/c1-10(27-19(25)15(9-22)26-2)11-5-3-7-13-16(11)20-14-8-4-6-12(18(23)24)17(14)21-13/h3-8,10,15,22H,9H2,1-2H3,(H,23,24). The van der Waals surface area contributed by atoms with E-state index in [0.29, 0.717) is 27.6 Å². The molecule has 140 valence electrons. The lowest BCUT2D eigenvalue weighted by Gasteiger charge is -2.18. The zero-order valence-corrected chi connectivity index (χ0v) is 14.7. The summed E-state index contributed by atoms with van der Waals surface area (Å²) in [4.78, 5) is 32.4. The number of aromatic carboxylic acids is 1. The molecule has 8 heteroatoms. The number of hydrogen-bond acceptors (Lipinski definition) is 7. The summed E-state index contributed by atoms with van der Waals surface area (Å²) < 4.78 is 10.2. The molecule has 2 atom stereocenters. The fraction of sp³-hybridized carbons (Fsp3) is 0.263. The number of nitrogens with zero attached hydrogens (tertiary/aromatic N) is 2. The zero-order chi connectivity index (χ0) is 19.6. The number of hydrogen-bond donors (Lipinski definition) is 2. The maximum atomic E-state index is 12.0. The highest BCUT2D eigenvalue weighted by Gasteiger charge is 2.23. The van der Waals surface area contributed by atoms with Crippen LogP contribution in [-0.2, 0) is 14.3 Å². The van der Waals surface area contributed by atoms with Crippen LogP contribution in [0.1, 0.15) is 28.9 Å². The lowest BCUT2D eigenvalue weighted by Crippen LogP contribution is -2.29. The first-order chi connectivity index (χ1) is 13.0. The van der Waals surface area contributed by atoms with Gasteiger partial charge in [-0.3, -0.25) is 0 Å². The van der Waals surface area contributed by atoms with Gasteiger partial charge in [0, 0.05) is 12.7 Å². The van der Waals surface area contributed by atoms with Crippen molar-refractivity contribution in [2.75, 3.05) is 13.7 Å². The van der Waals surface area contributed by atoms with Crippen molar-refractivity contribution in [3.05, 3.63) is 47.5 Å². The van der Waals surface area contributed by atoms with Crippen LogP contribution in [0.3, 0.4) is 0 Å². The molecule has 1 aromatic heterocycles. The lowest BCUT2D eigenvalue weighted by molar-refractivity contribution is -0.162. The number of aromatic nitrogens is 2. The number of fused-ring (bicyclic) bond motifs is 2. The number of para-hydroxylation sites is 2. The molecule has 8 nitrogen and oxygen atoms in total. The minimum absolute atomic E-state index is 0.0673. The molecule has 0 spiro atoms. The molecule has 3 aromatic rings. The predicted molar refractivity (Wildman–Crippen MR) is 96.4 cm³/mol. The maximum absolute atomic E-state index is 12.0. The number of aliphatic hydroxyl groups is 1. The van der Waals surface area contributed by atoms with E-state index in [0.717, 1.165) is 0 Å². The highest BCUT2D eigenvalue weighted by atomic mass is 16.6. The van der Waals surface area contributed by atoms with Gasteiger partial charge in [0.25, 0.3) is 0 Å². The molecule has 2 unspecified atom stereocenters. The third-order valence-electron chi connectivity index (χ3n) is 4.20. The van der Waals surface area contributed by atoms with E-state index in [2.05, 4.69) is 9.97 Å². The van der Waals surface area contributed by atoms with Crippen LogP contribution >= 0.6 is 0 Å². The second-order valence-corrected chi connectivity index (χ2v) is 5.90. The molecule has 27 heavy (non-hydrogen) atoms. The average molecular weight is 370 g/mol. The number of benzene rings is 2. The molecule has 0 fully saturated rings. The molecule has 0 aliphatic carbocycles. The Labute approximate surface area is 154 Å². The summed E-state index contributed by atoms with van der Waals surface area (Å²) in [6.07, 6.45) is -1.73. The van der Waals surface area contributed by atoms with Crippen molar-refractivity contribution in [3.8, 4) is 0 Å². The van der Waals surface area contributed by atoms with Gasteiger partial charge in [0.1, 0.15) is 11.6 Å². The minimum atomic E-state index is -1.08. The molecule has 3 rings (SSSR count). The Balaban J connectivity index is 2.07. The summed E-state index contributed by atoms with van der Waals surface area (Å²) in [5, 5.41) is 18.5. The van der Waals surface area contributed by atoms with Crippen LogP contribution < -0.4 is 0 Å². The number of methoxy groups -OCH3 is 1. The first kappa shape index (κ1) is 18.7. The van der Waals surface area contributed by atoms with Crippen molar-refractivity contribution in [2.45, 2.75) is 19.1 Å². The van der Waals surface area contributed by atoms with Crippen LogP contribution in [0.2, 0.25) is 0 Å². The van der Waals surface area contributed by atoms with Crippen molar-refractivity contribution >= 4 is 34.0 Å². The summed E-state index contributed by atoms with van der Waals surface area (Å²) in [5.74, 6) is -1.77. The topological polar surface area (TPSA) is 119 Å². The summed E-state index contributed by atoms with van der Waals surface area (Å²) in [5.41, 5.74) is 2.40. The molecule has 1 heterocycles. The van der Waals surface area contributed by atoms with Gasteiger partial charge in [-0.15, -0.1) is 0 Å². The van der Waals surface area contributed by atoms with Crippen molar-refractivity contribution in [2.24, 2.45) is 0 Å². The van der Waals surface area contributed by atoms with Crippen LogP contribution in [0.5, 0.6) is 0 Å². The van der Waals surface area contributed by atoms with Gasteiger partial charge in [0.05, 0.1) is 28.7 Å². The summed E-state index contributed by atoms with van der Waals surface area (Å²) in [6, 6.07) is 9.94. The number of carbonyl (C=O) groups is 2. The van der Waals surface area contributed by atoms with Crippen molar-refractivity contribution in [1.29, 1.82) is 0 Å². The van der Waals surface area contributed by atoms with Gasteiger partial charge >= 0.3 is 11.9 Å². The van der Waals surface area contributed by atoms with E-state index in [1.54, 1.807) is 37.3 Å². The van der Waals surface area contributed by atoms with E-state index in [1.165, 1.54) is 13.2 Å². The van der Waals surface area contributed by atoms with Gasteiger partial charge in [-0.25, -0.2) is 19.6 Å². The molecule has 0 saturated carbocycles. The third kappa shape index (κ3) is 3.57. The summed E-state index contributed by atoms with van der Waals surface area (Å²) in [7, 11) is 1.31. The van der Waals surface area contributed by atoms with Gasteiger partial charge in [-0.2, -0.15) is 0 Å². The van der Waals surface area contributed by atoms with Gasteiger partial charge in [0.15, 0.2) is 6.10 Å². The smallest absolute Gasteiger partial charge is 0.338 e. The highest BCUT2D eigenvalue weighted by molar-refractivity contribution is 6.02. The van der Waals surface area contributed by atoms with Gasteiger partial charge in [-0.05, 0) is 25.1 Å². The molecule has 0 saturated heterocycles. The van der Waals surface area contributed by atoms with Gasteiger partial charge in [0.2, 0.25) is 0 Å². The maximum Gasteiger partial charge on any atom is 0.338 e. The van der Waals surface area contributed by atoms with E-state index < -0.39 is 30.8 Å². The van der Waals surface area contributed by atoms with Crippen molar-refractivity contribution in [1.82, 2.24) is 9.97 Å². The lowest BCUT2D eigenvalue weighted by atomic mass is 10.1. The predicted octanol–water partition coefficient (Wildman–Crippen LogP) is 2.09. The molecule has 0 amide bonds. The van der Waals surface area contributed by atoms with Crippen LogP contribution in [0, 0.1) is 0 Å². The molecular weight excluding hydrogens is 352 g/mol. The largest absolute Gasteiger partial charge is 0.478 e. The summed E-state index contributed by atoms with van der Waals surface area (Å²) in [6.45, 7) is 1.19. The molecule has 0 radical (unpaired) electrons. The number of carbonyl (C=O) groups excluding carboxylic acids is 1. The van der Waals surface area contributed by atoms with E-state index in [-0.39, 0.29) is 5.56 Å². The molecule has 2 aromatic carbocycles. The molecular formula is C19H18N2O6. The van der Waals surface area contributed by atoms with Gasteiger partial charge in [-0.1, -0.05) is 18.2 Å². The van der Waals surface area contributed by atoms with E-state index >= 15 is 0 Å². The molecule has 0 aliphatic rings. The van der Waals surface area contributed by atoms with Crippen molar-refractivity contribution < 1.29 is 29.3 Å². The van der Waals surface area contributed by atoms with Crippen LogP contribution in [0.25, 0.3) is 22.1 Å². The Hall–Kier alpha value is -3.10. The molecule has 0 bridgehead atoms. The van der Waals surface area contributed by atoms with Crippen LogP contribution in [-0.4, -0.2) is 51.9 Å². The Morgan fingerprint density at radius 2 is 1.70 bits per heavy atom. The second kappa shape index (κ2) is 7.65. The number of esters is 1. The third-order valence-corrected chi connectivity index (χ3v) is 4.20. The Morgan fingerprint density at radius 3 is 2.33 bits per heavy atom.